The number of hydrogen-bond acceptors (Lipinski definition) is 3. The van der Waals surface area contributed by atoms with Crippen LogP contribution in [0.3, 0.4) is 0 Å². The van der Waals surface area contributed by atoms with Gasteiger partial charge in [-0.05, 0) is 48.7 Å². The number of carbonyl (C=O) groups excluding carboxylic acids is 1. The molecular formula is C21H21F4N3OS. The predicted molar refractivity (Wildman–Crippen MR) is 109 cm³/mol. The molecule has 0 unspecified atom stereocenters. The van der Waals surface area contributed by atoms with Gasteiger partial charge in [0.2, 0.25) is 5.91 Å². The van der Waals surface area contributed by atoms with Crippen molar-refractivity contribution in [3.05, 3.63) is 59.4 Å². The third-order valence-electron chi connectivity index (χ3n) is 4.47. The topological polar surface area (TPSA) is 46.9 Å². The highest BCUT2D eigenvalue weighted by molar-refractivity contribution is 7.99. The van der Waals surface area contributed by atoms with Crippen molar-refractivity contribution in [3.63, 3.8) is 0 Å². The highest BCUT2D eigenvalue weighted by atomic mass is 32.2. The van der Waals surface area contributed by atoms with Crippen molar-refractivity contribution in [1.82, 2.24) is 14.9 Å². The van der Waals surface area contributed by atoms with Gasteiger partial charge in [0.1, 0.15) is 5.82 Å². The summed E-state index contributed by atoms with van der Waals surface area (Å²) in [7, 11) is 0. The zero-order valence-electron chi connectivity index (χ0n) is 16.3. The number of amides is 1. The molecule has 0 saturated heterocycles. The summed E-state index contributed by atoms with van der Waals surface area (Å²) in [5.74, 6) is -0.410. The van der Waals surface area contributed by atoms with E-state index >= 15 is 0 Å². The number of fused-ring (bicyclic) bond motifs is 1. The molecule has 9 heteroatoms. The molecule has 0 aliphatic rings. The minimum Gasteiger partial charge on any atom is -0.355 e. The molecule has 1 heterocycles. The van der Waals surface area contributed by atoms with Crippen LogP contribution in [0.1, 0.15) is 24.5 Å². The Kier molecular flexibility index (Phi) is 7.02. The van der Waals surface area contributed by atoms with E-state index in [1.165, 1.54) is 30.0 Å². The number of aryl methyl sites for hydroxylation is 1. The molecule has 0 fully saturated rings. The Morgan fingerprint density at radius 1 is 1.17 bits per heavy atom. The number of nitrogens with one attached hydrogen (secondary N) is 1. The fraction of sp³-hybridized carbons (Fsp3) is 0.333. The Hall–Kier alpha value is -2.55. The van der Waals surface area contributed by atoms with E-state index < -0.39 is 11.7 Å². The van der Waals surface area contributed by atoms with Crippen LogP contribution < -0.4 is 5.32 Å². The largest absolute Gasteiger partial charge is 0.416 e. The maximum atomic E-state index is 13.0. The van der Waals surface area contributed by atoms with Gasteiger partial charge in [0.25, 0.3) is 0 Å². The second-order valence-corrected chi connectivity index (χ2v) is 7.70. The first kappa shape index (κ1) is 22.1. The molecule has 160 valence electrons. The fourth-order valence-electron chi connectivity index (χ4n) is 3.01. The van der Waals surface area contributed by atoms with Gasteiger partial charge in [-0.2, -0.15) is 13.2 Å². The maximum Gasteiger partial charge on any atom is 0.416 e. The van der Waals surface area contributed by atoms with Gasteiger partial charge in [0.15, 0.2) is 5.16 Å². The van der Waals surface area contributed by atoms with Gasteiger partial charge in [-0.1, -0.05) is 30.8 Å². The Morgan fingerprint density at radius 2 is 1.90 bits per heavy atom. The third kappa shape index (κ3) is 5.53. The van der Waals surface area contributed by atoms with E-state index in [1.807, 2.05) is 6.92 Å². The molecule has 3 rings (SSSR count). The third-order valence-corrected chi connectivity index (χ3v) is 5.45. The lowest BCUT2D eigenvalue weighted by atomic mass is 10.1. The molecule has 0 bridgehead atoms. The van der Waals surface area contributed by atoms with Crippen LogP contribution in [0.2, 0.25) is 0 Å². The first-order chi connectivity index (χ1) is 14.3. The van der Waals surface area contributed by atoms with Crippen LogP contribution in [-0.4, -0.2) is 27.8 Å². The molecule has 1 aromatic heterocycles. The number of halogens is 4. The quantitative estimate of drug-likeness (QED) is 0.395. The van der Waals surface area contributed by atoms with Gasteiger partial charge in [-0.3, -0.25) is 4.79 Å². The number of nitrogens with zero attached hydrogens (tertiary/aromatic N) is 2. The summed E-state index contributed by atoms with van der Waals surface area (Å²) in [5, 5.41) is 3.30. The van der Waals surface area contributed by atoms with Gasteiger partial charge in [0.05, 0.1) is 22.3 Å². The summed E-state index contributed by atoms with van der Waals surface area (Å²) in [6.07, 6.45) is -3.13. The van der Waals surface area contributed by atoms with E-state index in [-0.39, 0.29) is 17.5 Å². The highest BCUT2D eigenvalue weighted by Crippen LogP contribution is 2.33. The van der Waals surface area contributed by atoms with Crippen LogP contribution in [0.4, 0.5) is 17.6 Å². The molecule has 30 heavy (non-hydrogen) atoms. The zero-order valence-corrected chi connectivity index (χ0v) is 17.1. The Labute approximate surface area is 175 Å². The Bertz CT molecular complexity index is 1020. The van der Waals surface area contributed by atoms with Crippen LogP contribution in [0.25, 0.3) is 11.0 Å². The molecule has 0 saturated carbocycles. The average Bonchev–Trinajstić information content (AvgIpc) is 3.04. The van der Waals surface area contributed by atoms with Crippen molar-refractivity contribution in [2.75, 3.05) is 12.3 Å². The highest BCUT2D eigenvalue weighted by Gasteiger charge is 2.31. The number of alkyl halides is 3. The molecule has 0 aliphatic carbocycles. The lowest BCUT2D eigenvalue weighted by Crippen LogP contribution is -2.27. The number of rotatable bonds is 8. The first-order valence-electron chi connectivity index (χ1n) is 9.49. The summed E-state index contributed by atoms with van der Waals surface area (Å²) in [5.41, 5.74) is 1.07. The SMILES string of the molecule is CCCn1c(SCC(=O)NCCc2ccc(F)cc2)nc2ccc(C(F)(F)F)cc21. The van der Waals surface area contributed by atoms with Crippen molar-refractivity contribution in [2.24, 2.45) is 0 Å². The van der Waals surface area contributed by atoms with E-state index in [0.29, 0.717) is 35.7 Å². The van der Waals surface area contributed by atoms with Crippen molar-refractivity contribution in [1.29, 1.82) is 0 Å². The number of thioether (sulfide) groups is 1. The molecular weight excluding hydrogens is 418 g/mol. The van der Waals surface area contributed by atoms with Gasteiger partial charge >= 0.3 is 6.18 Å². The van der Waals surface area contributed by atoms with Gasteiger partial charge in [-0.25, -0.2) is 9.37 Å². The van der Waals surface area contributed by atoms with E-state index in [1.54, 1.807) is 16.7 Å². The monoisotopic (exact) mass is 439 g/mol. The summed E-state index contributed by atoms with van der Waals surface area (Å²) in [4.78, 5) is 16.6. The number of imidazole rings is 1. The number of aromatic nitrogens is 2. The van der Waals surface area contributed by atoms with Gasteiger partial charge < -0.3 is 9.88 Å². The van der Waals surface area contributed by atoms with Crippen molar-refractivity contribution in [2.45, 2.75) is 37.6 Å². The Morgan fingerprint density at radius 3 is 2.57 bits per heavy atom. The Balaban J connectivity index is 1.63. The van der Waals surface area contributed by atoms with Crippen LogP contribution in [-0.2, 0) is 23.9 Å². The summed E-state index contributed by atoms with van der Waals surface area (Å²) < 4.78 is 53.8. The smallest absolute Gasteiger partial charge is 0.355 e. The molecule has 0 spiro atoms. The van der Waals surface area contributed by atoms with E-state index in [4.69, 9.17) is 0 Å². The van der Waals surface area contributed by atoms with Crippen LogP contribution in [0, 0.1) is 5.82 Å². The van der Waals surface area contributed by atoms with E-state index in [9.17, 15) is 22.4 Å². The molecule has 1 N–H and O–H groups in total. The normalized spacial score (nSPS) is 11.8. The second kappa shape index (κ2) is 9.51. The van der Waals surface area contributed by atoms with E-state index in [0.717, 1.165) is 24.1 Å². The summed E-state index contributed by atoms with van der Waals surface area (Å²) in [6.45, 7) is 2.84. The van der Waals surface area contributed by atoms with Crippen molar-refractivity contribution >= 4 is 28.7 Å². The summed E-state index contributed by atoms with van der Waals surface area (Å²) >= 11 is 1.19. The summed E-state index contributed by atoms with van der Waals surface area (Å²) in [6, 6.07) is 9.55. The van der Waals surface area contributed by atoms with Gasteiger partial charge in [0, 0.05) is 13.1 Å². The molecule has 4 nitrogen and oxygen atoms in total. The lowest BCUT2D eigenvalue weighted by molar-refractivity contribution is -0.137. The minimum absolute atomic E-state index is 0.0998. The van der Waals surface area contributed by atoms with E-state index in [2.05, 4.69) is 10.3 Å². The number of benzene rings is 2. The second-order valence-electron chi connectivity index (χ2n) is 6.76. The molecule has 0 radical (unpaired) electrons. The fourth-order valence-corrected chi connectivity index (χ4v) is 3.88. The van der Waals surface area contributed by atoms with Crippen LogP contribution in [0.5, 0.6) is 0 Å². The lowest BCUT2D eigenvalue weighted by Gasteiger charge is -2.10. The minimum atomic E-state index is -4.42. The molecule has 2 aromatic carbocycles. The predicted octanol–water partition coefficient (Wildman–Crippen LogP) is 5.06. The first-order valence-corrected chi connectivity index (χ1v) is 10.5. The van der Waals surface area contributed by atoms with Crippen LogP contribution >= 0.6 is 11.8 Å². The average molecular weight is 439 g/mol. The molecule has 0 atom stereocenters. The molecule has 1 amide bonds. The maximum absolute atomic E-state index is 13.0. The number of hydrogen-bond donors (Lipinski definition) is 1. The van der Waals surface area contributed by atoms with Crippen molar-refractivity contribution in [3.8, 4) is 0 Å². The van der Waals surface area contributed by atoms with Crippen LogP contribution in [0.15, 0.2) is 47.6 Å². The zero-order chi connectivity index (χ0) is 21.7. The van der Waals surface area contributed by atoms with Crippen molar-refractivity contribution < 1.29 is 22.4 Å². The standard InChI is InChI=1S/C21H21F4N3OS/c1-2-11-28-18-12-15(21(23,24)25)5-8-17(18)27-20(28)30-13-19(29)26-10-9-14-3-6-16(22)7-4-14/h3-8,12H,2,9-11,13H2,1H3,(H,26,29). The molecule has 0 aliphatic heterocycles. The molecule has 3 aromatic rings. The van der Waals surface area contributed by atoms with Gasteiger partial charge in [-0.15, -0.1) is 0 Å². The number of carbonyl (C=O) groups is 1.